The molecule has 110 valence electrons. The predicted molar refractivity (Wildman–Crippen MR) is 84.0 cm³/mol. The topological polar surface area (TPSA) is 58.1 Å². The summed E-state index contributed by atoms with van der Waals surface area (Å²) in [5.74, 6) is 0.772. The van der Waals surface area contributed by atoms with Gasteiger partial charge >= 0.3 is 0 Å². The lowest BCUT2D eigenvalue weighted by Crippen LogP contribution is -2.35. The highest BCUT2D eigenvalue weighted by atomic mass is 35.5. The normalized spacial score (nSPS) is 18.2. The molecule has 2 heterocycles. The number of amides is 1. The lowest BCUT2D eigenvalue weighted by atomic mass is 10.2. The van der Waals surface area contributed by atoms with E-state index in [9.17, 15) is 4.79 Å². The summed E-state index contributed by atoms with van der Waals surface area (Å²) >= 11 is 12.0. The molecule has 0 spiro atoms. The number of aromatic nitrogens is 2. The molecule has 1 aromatic carbocycles. The van der Waals surface area contributed by atoms with Crippen molar-refractivity contribution >= 4 is 45.8 Å². The second-order valence-electron chi connectivity index (χ2n) is 5.11. The Hall–Kier alpha value is -1.59. The SMILES string of the molecule is CC(=O)N[C@H]1CCN(c2nc(Cl)nc3cc(Cl)ccc23)C1. The Morgan fingerprint density at radius 3 is 2.95 bits per heavy atom. The van der Waals surface area contributed by atoms with E-state index in [2.05, 4.69) is 20.2 Å². The minimum absolute atomic E-state index is 0.0146. The summed E-state index contributed by atoms with van der Waals surface area (Å²) in [4.78, 5) is 21.8. The third-order valence-electron chi connectivity index (χ3n) is 3.51. The Morgan fingerprint density at radius 1 is 1.38 bits per heavy atom. The molecule has 1 fully saturated rings. The fraction of sp³-hybridized carbons (Fsp3) is 0.357. The molecule has 1 amide bonds. The minimum Gasteiger partial charge on any atom is -0.354 e. The maximum atomic E-state index is 11.2. The molecule has 7 heteroatoms. The summed E-state index contributed by atoms with van der Waals surface area (Å²) in [5, 5.41) is 4.65. The lowest BCUT2D eigenvalue weighted by molar-refractivity contribution is -0.119. The van der Waals surface area contributed by atoms with Crippen molar-refractivity contribution < 1.29 is 4.79 Å². The average molecular weight is 325 g/mol. The zero-order valence-corrected chi connectivity index (χ0v) is 12.9. The number of rotatable bonds is 2. The predicted octanol–water partition coefficient (Wildman–Crippen LogP) is 2.65. The minimum atomic E-state index is -0.0146. The van der Waals surface area contributed by atoms with Crippen LogP contribution in [0, 0.1) is 0 Å². The van der Waals surface area contributed by atoms with Gasteiger partial charge in [0.15, 0.2) is 0 Å². The van der Waals surface area contributed by atoms with E-state index in [0.29, 0.717) is 11.6 Å². The first-order valence-corrected chi connectivity index (χ1v) is 7.43. The van der Waals surface area contributed by atoms with E-state index in [1.165, 1.54) is 6.92 Å². The fourth-order valence-corrected chi connectivity index (χ4v) is 2.99. The summed E-state index contributed by atoms with van der Waals surface area (Å²) < 4.78 is 0. The lowest BCUT2D eigenvalue weighted by Gasteiger charge is -2.19. The van der Waals surface area contributed by atoms with Crippen LogP contribution in [-0.2, 0) is 4.79 Å². The van der Waals surface area contributed by atoms with Gasteiger partial charge in [-0.2, -0.15) is 4.98 Å². The fourth-order valence-electron chi connectivity index (χ4n) is 2.66. The maximum absolute atomic E-state index is 11.2. The molecule has 1 aliphatic heterocycles. The molecule has 1 N–H and O–H groups in total. The highest BCUT2D eigenvalue weighted by Gasteiger charge is 2.25. The van der Waals surface area contributed by atoms with Crippen LogP contribution in [0.25, 0.3) is 10.9 Å². The summed E-state index contributed by atoms with van der Waals surface area (Å²) in [5.41, 5.74) is 0.723. The first-order valence-electron chi connectivity index (χ1n) is 6.68. The van der Waals surface area contributed by atoms with Crippen molar-refractivity contribution in [2.45, 2.75) is 19.4 Å². The second kappa shape index (κ2) is 5.66. The molecule has 3 rings (SSSR count). The molecule has 0 saturated carbocycles. The Balaban J connectivity index is 1.95. The van der Waals surface area contributed by atoms with Gasteiger partial charge in [-0.3, -0.25) is 4.79 Å². The average Bonchev–Trinajstić information content (AvgIpc) is 2.84. The van der Waals surface area contributed by atoms with Crippen molar-refractivity contribution in [3.05, 3.63) is 28.5 Å². The number of carbonyl (C=O) groups is 1. The highest BCUT2D eigenvalue weighted by Crippen LogP contribution is 2.29. The number of benzene rings is 1. The van der Waals surface area contributed by atoms with Crippen molar-refractivity contribution in [1.82, 2.24) is 15.3 Å². The molecule has 2 aromatic rings. The summed E-state index contributed by atoms with van der Waals surface area (Å²) in [7, 11) is 0. The molecule has 1 aromatic heterocycles. The smallest absolute Gasteiger partial charge is 0.224 e. The van der Waals surface area contributed by atoms with Gasteiger partial charge < -0.3 is 10.2 Å². The summed E-state index contributed by atoms with van der Waals surface area (Å²) in [6.07, 6.45) is 0.885. The molecule has 0 bridgehead atoms. The van der Waals surface area contributed by atoms with E-state index >= 15 is 0 Å². The largest absolute Gasteiger partial charge is 0.354 e. The summed E-state index contributed by atoms with van der Waals surface area (Å²) in [6, 6.07) is 5.62. The molecule has 0 radical (unpaired) electrons. The number of carbonyl (C=O) groups excluding carboxylic acids is 1. The second-order valence-corrected chi connectivity index (χ2v) is 5.88. The maximum Gasteiger partial charge on any atom is 0.224 e. The van der Waals surface area contributed by atoms with E-state index in [1.807, 2.05) is 12.1 Å². The molecule has 5 nitrogen and oxygen atoms in total. The Morgan fingerprint density at radius 2 is 2.19 bits per heavy atom. The summed E-state index contributed by atoms with van der Waals surface area (Å²) in [6.45, 7) is 3.06. The van der Waals surface area contributed by atoms with Gasteiger partial charge in [0, 0.05) is 36.5 Å². The molecule has 21 heavy (non-hydrogen) atoms. The first-order chi connectivity index (χ1) is 10.0. The van der Waals surface area contributed by atoms with Gasteiger partial charge in [-0.1, -0.05) is 11.6 Å². The number of nitrogens with one attached hydrogen (secondary N) is 1. The quantitative estimate of drug-likeness (QED) is 0.863. The number of hydrogen-bond donors (Lipinski definition) is 1. The number of anilines is 1. The monoisotopic (exact) mass is 324 g/mol. The molecular weight excluding hydrogens is 311 g/mol. The van der Waals surface area contributed by atoms with Crippen LogP contribution in [0.4, 0.5) is 5.82 Å². The van der Waals surface area contributed by atoms with Crippen LogP contribution < -0.4 is 10.2 Å². The van der Waals surface area contributed by atoms with Crippen molar-refractivity contribution in [3.63, 3.8) is 0 Å². The molecule has 1 saturated heterocycles. The number of hydrogen-bond acceptors (Lipinski definition) is 4. The van der Waals surface area contributed by atoms with E-state index in [0.717, 1.165) is 29.7 Å². The molecular formula is C14H14Cl2N4O. The molecule has 1 aliphatic rings. The third-order valence-corrected chi connectivity index (χ3v) is 3.91. The Kier molecular flexibility index (Phi) is 3.87. The van der Waals surface area contributed by atoms with E-state index in [4.69, 9.17) is 23.2 Å². The van der Waals surface area contributed by atoms with Gasteiger partial charge in [0.25, 0.3) is 0 Å². The zero-order chi connectivity index (χ0) is 15.0. The van der Waals surface area contributed by atoms with Gasteiger partial charge in [-0.05, 0) is 36.2 Å². The van der Waals surface area contributed by atoms with E-state index in [-0.39, 0.29) is 17.2 Å². The van der Waals surface area contributed by atoms with Crippen LogP contribution in [0.2, 0.25) is 10.3 Å². The number of nitrogens with zero attached hydrogens (tertiary/aromatic N) is 3. The van der Waals surface area contributed by atoms with Crippen LogP contribution in [0.5, 0.6) is 0 Å². The molecule has 1 atom stereocenters. The van der Waals surface area contributed by atoms with E-state index < -0.39 is 0 Å². The number of halogens is 2. The number of fused-ring (bicyclic) bond motifs is 1. The Bertz CT molecular complexity index is 701. The van der Waals surface area contributed by atoms with Crippen LogP contribution in [0.3, 0.4) is 0 Å². The van der Waals surface area contributed by atoms with Gasteiger partial charge in [0.1, 0.15) is 5.82 Å². The van der Waals surface area contributed by atoms with Crippen LogP contribution in [0.15, 0.2) is 18.2 Å². The van der Waals surface area contributed by atoms with Crippen LogP contribution in [-0.4, -0.2) is 35.0 Å². The first kappa shape index (κ1) is 14.4. The van der Waals surface area contributed by atoms with Gasteiger partial charge in [-0.25, -0.2) is 4.98 Å². The van der Waals surface area contributed by atoms with Crippen molar-refractivity contribution in [2.75, 3.05) is 18.0 Å². The Labute approximate surface area is 132 Å². The van der Waals surface area contributed by atoms with Crippen LogP contribution in [0.1, 0.15) is 13.3 Å². The molecule has 0 aliphatic carbocycles. The zero-order valence-electron chi connectivity index (χ0n) is 11.4. The van der Waals surface area contributed by atoms with Crippen molar-refractivity contribution in [2.24, 2.45) is 0 Å². The standard InChI is InChI=1S/C14H14Cl2N4O/c1-8(21)17-10-4-5-20(7-10)13-11-3-2-9(15)6-12(11)18-14(16)19-13/h2-3,6,10H,4-5,7H2,1H3,(H,17,21)/t10-/m0/s1. The van der Waals surface area contributed by atoms with Gasteiger partial charge in [0.2, 0.25) is 11.2 Å². The van der Waals surface area contributed by atoms with Gasteiger partial charge in [0.05, 0.1) is 5.52 Å². The van der Waals surface area contributed by atoms with Crippen LogP contribution >= 0.6 is 23.2 Å². The van der Waals surface area contributed by atoms with E-state index in [1.54, 1.807) is 6.07 Å². The highest BCUT2D eigenvalue weighted by molar-refractivity contribution is 6.31. The molecule has 0 unspecified atom stereocenters. The van der Waals surface area contributed by atoms with Crippen molar-refractivity contribution in [1.29, 1.82) is 0 Å². The van der Waals surface area contributed by atoms with Gasteiger partial charge in [-0.15, -0.1) is 0 Å². The van der Waals surface area contributed by atoms with Crippen molar-refractivity contribution in [3.8, 4) is 0 Å². The third kappa shape index (κ3) is 3.04.